The molecule has 5 atom stereocenters. The van der Waals surface area contributed by atoms with Gasteiger partial charge in [-0.3, -0.25) is 9.59 Å². The van der Waals surface area contributed by atoms with Gasteiger partial charge >= 0.3 is 5.97 Å². The van der Waals surface area contributed by atoms with Gasteiger partial charge in [0.2, 0.25) is 5.91 Å². The maximum atomic E-state index is 13.5. The van der Waals surface area contributed by atoms with Gasteiger partial charge in [0.25, 0.3) is 5.91 Å². The number of pyridine rings is 1. The summed E-state index contributed by atoms with van der Waals surface area (Å²) < 4.78 is 11.1. The molecule has 3 heterocycles. The zero-order valence-electron chi connectivity index (χ0n) is 22.7. The molecule has 0 bridgehead atoms. The van der Waals surface area contributed by atoms with Crippen molar-refractivity contribution >= 4 is 56.8 Å². The number of likely N-dealkylation sites (tertiary alicyclic amines) is 1. The highest BCUT2D eigenvalue weighted by Crippen LogP contribution is 2.37. The number of aromatic nitrogens is 1. The van der Waals surface area contributed by atoms with Crippen molar-refractivity contribution < 1.29 is 44.3 Å². The number of ether oxygens (including phenoxy) is 2. The van der Waals surface area contributed by atoms with E-state index in [2.05, 4.69) is 50.3 Å². The lowest BCUT2D eigenvalue weighted by atomic mass is 9.94. The van der Waals surface area contributed by atoms with Gasteiger partial charge in [-0.15, -0.1) is 0 Å². The number of halogens is 2. The van der Waals surface area contributed by atoms with Gasteiger partial charge in [-0.2, -0.15) is 0 Å². The molecular formula is C27H32BrClN4O9. The molecule has 2 aromatic rings. The van der Waals surface area contributed by atoms with Crippen molar-refractivity contribution in [3.63, 3.8) is 0 Å². The summed E-state index contributed by atoms with van der Waals surface area (Å²) in [5, 5.41) is 46.4. The van der Waals surface area contributed by atoms with Crippen molar-refractivity contribution in [2.24, 2.45) is 5.92 Å². The number of aliphatic carboxylic acids is 1. The van der Waals surface area contributed by atoms with E-state index in [0.717, 1.165) is 13.1 Å². The average molecular weight is 672 g/mol. The van der Waals surface area contributed by atoms with Crippen LogP contribution in [0, 0.1) is 5.92 Å². The van der Waals surface area contributed by atoms with Crippen molar-refractivity contribution in [2.45, 2.75) is 63.4 Å². The number of carboxylic acid groups (broad SMARTS) is 1. The molecule has 2 fully saturated rings. The number of nitrogens with zero attached hydrogens (tertiary/aromatic N) is 2. The molecule has 0 saturated carbocycles. The van der Waals surface area contributed by atoms with E-state index in [0.29, 0.717) is 28.4 Å². The molecule has 2 saturated heterocycles. The molecule has 2 aliphatic rings. The molecular weight excluding hydrogens is 640 g/mol. The smallest absolute Gasteiger partial charge is 0.335 e. The van der Waals surface area contributed by atoms with Gasteiger partial charge in [-0.05, 0) is 64.0 Å². The van der Waals surface area contributed by atoms with Crippen LogP contribution in [0.2, 0.25) is 5.02 Å². The van der Waals surface area contributed by atoms with Crippen LogP contribution in [-0.4, -0.2) is 97.9 Å². The van der Waals surface area contributed by atoms with E-state index in [1.807, 2.05) is 0 Å². The number of benzene rings is 1. The Morgan fingerprint density at radius 1 is 1.12 bits per heavy atom. The number of hydrogen-bond donors (Lipinski definition) is 6. The van der Waals surface area contributed by atoms with E-state index < -0.39 is 42.6 Å². The summed E-state index contributed by atoms with van der Waals surface area (Å²) in [6, 6.07) is 6.19. The predicted octanol–water partition coefficient (Wildman–Crippen LogP) is 2.08. The first kappa shape index (κ1) is 32.1. The maximum absolute atomic E-state index is 13.5. The topological polar surface area (TPSA) is 191 Å². The second-order valence-corrected chi connectivity index (χ2v) is 11.7. The molecule has 1 aromatic heterocycles. The van der Waals surface area contributed by atoms with Crippen molar-refractivity contribution in [1.29, 1.82) is 0 Å². The molecule has 0 aliphatic carbocycles. The number of rotatable bonds is 8. The zero-order valence-corrected chi connectivity index (χ0v) is 25.1. The van der Waals surface area contributed by atoms with Gasteiger partial charge < -0.3 is 45.4 Å². The Morgan fingerprint density at radius 2 is 1.81 bits per heavy atom. The van der Waals surface area contributed by atoms with Crippen LogP contribution in [-0.2, 0) is 14.3 Å². The quantitative estimate of drug-likeness (QED) is 0.241. The highest BCUT2D eigenvalue weighted by Gasteiger charge is 2.48. The Kier molecular flexibility index (Phi) is 10.4. The van der Waals surface area contributed by atoms with Gasteiger partial charge in [0.1, 0.15) is 23.8 Å². The van der Waals surface area contributed by atoms with Crippen LogP contribution in [0.5, 0.6) is 5.75 Å². The Morgan fingerprint density at radius 3 is 2.40 bits per heavy atom. The lowest BCUT2D eigenvalue weighted by Gasteiger charge is -2.39. The maximum Gasteiger partial charge on any atom is 0.335 e. The molecule has 1 aromatic carbocycles. The lowest BCUT2D eigenvalue weighted by molar-refractivity contribution is -0.274. The Bertz CT molecular complexity index is 1310. The van der Waals surface area contributed by atoms with Gasteiger partial charge in [0, 0.05) is 22.6 Å². The molecule has 42 heavy (non-hydrogen) atoms. The number of carbonyl (C=O) groups excluding carboxylic acids is 2. The number of anilines is 2. The molecule has 2 aliphatic heterocycles. The van der Waals surface area contributed by atoms with E-state index in [4.69, 9.17) is 21.1 Å². The standard InChI is InChI=1S/C27H32BrClN4O9/c1-12(2)33-7-5-13(6-8-33)24(36)32-19-16(25(37)31-18-4-3-15(29)11-30-18)9-14(28)10-17(19)41-23-21(35)20(34)22(26(38)39)42-27(23)40/h3-4,9-13,20-23,27,34-35,40H,5-8H2,1-2H3,(H,32,36)(H,38,39)(H,30,31,37)/t20-,21-,22-,23+,27+/m0/s1. The Hall–Kier alpha value is -2.85. The van der Waals surface area contributed by atoms with Crippen LogP contribution < -0.4 is 15.4 Å². The van der Waals surface area contributed by atoms with Crippen LogP contribution in [0.3, 0.4) is 0 Å². The van der Waals surface area contributed by atoms with E-state index in [1.165, 1.54) is 30.5 Å². The third-order valence-corrected chi connectivity index (χ3v) is 7.91. The number of nitrogens with one attached hydrogen (secondary N) is 2. The predicted molar refractivity (Wildman–Crippen MR) is 154 cm³/mol. The minimum atomic E-state index is -1.97. The largest absolute Gasteiger partial charge is 0.480 e. The van der Waals surface area contributed by atoms with Gasteiger partial charge in [-0.1, -0.05) is 27.5 Å². The molecule has 15 heteroatoms. The molecule has 13 nitrogen and oxygen atoms in total. The first-order chi connectivity index (χ1) is 19.8. The summed E-state index contributed by atoms with van der Waals surface area (Å²) >= 11 is 9.21. The van der Waals surface area contributed by atoms with Gasteiger partial charge in [0.15, 0.2) is 18.5 Å². The van der Waals surface area contributed by atoms with Crippen molar-refractivity contribution in [1.82, 2.24) is 9.88 Å². The molecule has 2 amide bonds. The SMILES string of the molecule is CC(C)N1CCC(C(=O)Nc2c(O[C@@H]3[C@@H](O)[C@H](O)[C@@H](C(=O)O)O[C@H]3O)cc(Br)cc2C(=O)Nc2ccc(Cl)cn2)CC1. The average Bonchev–Trinajstić information content (AvgIpc) is 2.95. The number of aliphatic hydroxyl groups is 3. The summed E-state index contributed by atoms with van der Waals surface area (Å²) in [5.41, 5.74) is -0.121. The first-order valence-corrected chi connectivity index (χ1v) is 14.4. The minimum Gasteiger partial charge on any atom is -0.480 e. The number of carbonyl (C=O) groups is 3. The Balaban J connectivity index is 1.66. The summed E-state index contributed by atoms with van der Waals surface area (Å²) in [7, 11) is 0. The van der Waals surface area contributed by atoms with Crippen molar-refractivity contribution in [3.05, 3.63) is 45.5 Å². The second kappa shape index (κ2) is 13.6. The molecule has 228 valence electrons. The fourth-order valence-electron chi connectivity index (χ4n) is 4.85. The van der Waals surface area contributed by atoms with Gasteiger partial charge in [-0.25, -0.2) is 9.78 Å². The highest BCUT2D eigenvalue weighted by atomic mass is 79.9. The molecule has 0 spiro atoms. The number of carboxylic acids is 1. The fraction of sp³-hybridized carbons (Fsp3) is 0.481. The first-order valence-electron chi connectivity index (χ1n) is 13.3. The third kappa shape index (κ3) is 7.37. The minimum absolute atomic E-state index is 0.0474. The number of hydrogen-bond acceptors (Lipinski definition) is 10. The monoisotopic (exact) mass is 670 g/mol. The van der Waals surface area contributed by atoms with E-state index in [-0.39, 0.29) is 34.6 Å². The third-order valence-electron chi connectivity index (χ3n) is 7.23. The van der Waals surface area contributed by atoms with Crippen molar-refractivity contribution in [3.8, 4) is 5.75 Å². The molecule has 0 radical (unpaired) electrons. The molecule has 6 N–H and O–H groups in total. The second-order valence-electron chi connectivity index (χ2n) is 10.4. The summed E-state index contributed by atoms with van der Waals surface area (Å²) in [6.45, 7) is 5.60. The van der Waals surface area contributed by atoms with Crippen LogP contribution in [0.1, 0.15) is 37.0 Å². The summed E-state index contributed by atoms with van der Waals surface area (Å²) in [5.74, 6) is -2.96. The fourth-order valence-corrected chi connectivity index (χ4v) is 5.40. The number of aliphatic hydroxyl groups excluding tert-OH is 3. The summed E-state index contributed by atoms with van der Waals surface area (Å²) in [4.78, 5) is 44.6. The molecule has 0 unspecified atom stereocenters. The van der Waals surface area contributed by atoms with Crippen molar-refractivity contribution in [2.75, 3.05) is 23.7 Å². The van der Waals surface area contributed by atoms with E-state index in [1.54, 1.807) is 0 Å². The summed E-state index contributed by atoms with van der Waals surface area (Å²) in [6.07, 6.45) is -6.86. The highest BCUT2D eigenvalue weighted by molar-refractivity contribution is 9.10. The normalized spacial score (nSPS) is 25.2. The van der Waals surface area contributed by atoms with E-state index >= 15 is 0 Å². The molecule has 4 rings (SSSR count). The van der Waals surface area contributed by atoms with Crippen LogP contribution in [0.25, 0.3) is 0 Å². The number of piperidine rings is 1. The zero-order chi connectivity index (χ0) is 30.7. The number of amides is 2. The van der Waals surface area contributed by atoms with Crippen LogP contribution in [0.4, 0.5) is 11.5 Å². The van der Waals surface area contributed by atoms with E-state index in [9.17, 15) is 34.8 Å². The van der Waals surface area contributed by atoms with Crippen LogP contribution in [0.15, 0.2) is 34.9 Å². The lowest BCUT2D eigenvalue weighted by Crippen LogP contribution is -2.61. The van der Waals surface area contributed by atoms with Gasteiger partial charge in [0.05, 0.1) is 16.3 Å². The van der Waals surface area contributed by atoms with Crippen LogP contribution >= 0.6 is 27.5 Å². The Labute approximate surface area is 254 Å².